The zero-order valence-electron chi connectivity index (χ0n) is 16.1. The van der Waals surface area contributed by atoms with Crippen LogP contribution in [0.1, 0.15) is 18.1 Å². The quantitative estimate of drug-likeness (QED) is 0.702. The molecule has 1 atom stereocenters. The molecule has 0 saturated carbocycles. The summed E-state index contributed by atoms with van der Waals surface area (Å²) in [6.07, 6.45) is -4.42. The van der Waals surface area contributed by atoms with Crippen molar-refractivity contribution in [2.45, 2.75) is 24.0 Å². The fraction of sp³-hybridized carbons (Fsp3) is 0.211. The molecule has 3 rings (SSSR count). The van der Waals surface area contributed by atoms with E-state index in [4.69, 9.17) is 0 Å². The summed E-state index contributed by atoms with van der Waals surface area (Å²) in [7, 11) is -3.87. The van der Waals surface area contributed by atoms with Crippen LogP contribution in [-0.4, -0.2) is 37.0 Å². The molecular formula is C19H17F3N4O3S2. The van der Waals surface area contributed by atoms with Crippen LogP contribution < -0.4 is 10.0 Å². The molecule has 0 saturated heterocycles. The number of thioether (sulfide) groups is 1. The lowest BCUT2D eigenvalue weighted by Crippen LogP contribution is -2.46. The average molecular weight is 470 g/mol. The number of carbonyl (C=O) groups excluding carboxylic acids is 1. The van der Waals surface area contributed by atoms with E-state index in [1.54, 1.807) is 18.2 Å². The highest BCUT2D eigenvalue weighted by molar-refractivity contribution is 8.14. The molecule has 164 valence electrons. The Bertz CT molecular complexity index is 1120. The van der Waals surface area contributed by atoms with Crippen molar-refractivity contribution >= 4 is 38.6 Å². The zero-order valence-corrected chi connectivity index (χ0v) is 17.7. The fourth-order valence-electron chi connectivity index (χ4n) is 2.52. The summed E-state index contributed by atoms with van der Waals surface area (Å²) in [6, 6.07) is 11.1. The van der Waals surface area contributed by atoms with Gasteiger partial charge < -0.3 is 5.32 Å². The maximum absolute atomic E-state index is 12.7. The van der Waals surface area contributed by atoms with Crippen LogP contribution in [0.3, 0.4) is 0 Å². The van der Waals surface area contributed by atoms with Gasteiger partial charge in [0.1, 0.15) is 0 Å². The van der Waals surface area contributed by atoms with Crippen LogP contribution in [0.4, 0.5) is 13.2 Å². The Morgan fingerprint density at radius 1 is 1.06 bits per heavy atom. The van der Waals surface area contributed by atoms with Gasteiger partial charge in [0, 0.05) is 5.75 Å². The van der Waals surface area contributed by atoms with Gasteiger partial charge in [-0.2, -0.15) is 23.0 Å². The molecule has 7 nitrogen and oxygen atoms in total. The van der Waals surface area contributed by atoms with E-state index < -0.39 is 33.7 Å². The minimum Gasteiger partial charge on any atom is -0.302 e. The fourth-order valence-corrected chi connectivity index (χ4v) is 4.51. The van der Waals surface area contributed by atoms with E-state index in [1.807, 2.05) is 0 Å². The first kappa shape index (κ1) is 23.0. The molecule has 0 aromatic heterocycles. The lowest BCUT2D eigenvalue weighted by Gasteiger charge is -2.17. The van der Waals surface area contributed by atoms with Crippen LogP contribution in [0.15, 0.2) is 69.7 Å². The molecule has 1 amide bonds. The summed E-state index contributed by atoms with van der Waals surface area (Å²) in [5, 5.41) is 10.5. The van der Waals surface area contributed by atoms with Gasteiger partial charge in [-0.1, -0.05) is 42.1 Å². The molecule has 2 aromatic rings. The summed E-state index contributed by atoms with van der Waals surface area (Å²) < 4.78 is 64.9. The van der Waals surface area contributed by atoms with Crippen molar-refractivity contribution in [3.63, 3.8) is 0 Å². The predicted octanol–water partition coefficient (Wildman–Crippen LogP) is 3.00. The number of nitrogens with one attached hydrogen (secondary N) is 2. The number of amides is 1. The van der Waals surface area contributed by atoms with E-state index >= 15 is 0 Å². The number of carbonyl (C=O) groups is 1. The van der Waals surface area contributed by atoms with Gasteiger partial charge in [0.2, 0.25) is 15.9 Å². The number of rotatable bonds is 5. The third kappa shape index (κ3) is 5.93. The molecule has 1 heterocycles. The minimum atomic E-state index is -4.42. The first-order valence-corrected chi connectivity index (χ1v) is 11.4. The molecule has 1 aliphatic rings. The van der Waals surface area contributed by atoms with Gasteiger partial charge >= 0.3 is 6.18 Å². The van der Waals surface area contributed by atoms with Crippen molar-refractivity contribution in [2.75, 3.05) is 5.75 Å². The molecule has 0 fully saturated rings. The standard InChI is InChI=1S/C19H17F3N4O3S2/c1-12(26-31(28,29)15-5-3-2-4-6-15)17(27)23-18-25-24-16(11-30-18)13-7-9-14(10-8-13)19(20,21)22/h2-10,12,26H,11H2,1H3,(H,23,25,27)/t12-/m0/s1. The van der Waals surface area contributed by atoms with Crippen LogP contribution in [0.2, 0.25) is 0 Å². The third-order valence-corrected chi connectivity index (χ3v) is 6.59. The van der Waals surface area contributed by atoms with Gasteiger partial charge in [-0.3, -0.25) is 4.79 Å². The minimum absolute atomic E-state index is 0.0322. The highest BCUT2D eigenvalue weighted by Gasteiger charge is 2.30. The summed E-state index contributed by atoms with van der Waals surface area (Å²) >= 11 is 1.12. The van der Waals surface area contributed by atoms with Gasteiger partial charge in [-0.05, 0) is 36.8 Å². The molecular weight excluding hydrogens is 453 g/mol. The van der Waals surface area contributed by atoms with Crippen molar-refractivity contribution in [3.05, 3.63) is 65.7 Å². The topological polar surface area (TPSA) is 100.0 Å². The maximum atomic E-state index is 12.7. The Labute approximate surface area is 180 Å². The number of nitrogens with zero attached hydrogens (tertiary/aromatic N) is 2. The van der Waals surface area contributed by atoms with Gasteiger partial charge in [0.25, 0.3) is 0 Å². The summed E-state index contributed by atoms with van der Waals surface area (Å²) in [6.45, 7) is 1.39. The van der Waals surface area contributed by atoms with Crippen molar-refractivity contribution in [1.29, 1.82) is 0 Å². The van der Waals surface area contributed by atoms with E-state index in [-0.39, 0.29) is 15.8 Å². The molecule has 12 heteroatoms. The van der Waals surface area contributed by atoms with Gasteiger partial charge in [-0.25, -0.2) is 8.42 Å². The number of benzene rings is 2. The van der Waals surface area contributed by atoms with Gasteiger partial charge in [-0.15, -0.1) is 5.10 Å². The second kappa shape index (κ2) is 9.20. The number of amidine groups is 1. The summed E-state index contributed by atoms with van der Waals surface area (Å²) in [4.78, 5) is 12.3. The lowest BCUT2D eigenvalue weighted by molar-refractivity contribution is -0.137. The molecule has 0 bridgehead atoms. The first-order chi connectivity index (χ1) is 14.6. The molecule has 2 aromatic carbocycles. The predicted molar refractivity (Wildman–Crippen MR) is 112 cm³/mol. The Kier molecular flexibility index (Phi) is 6.82. The number of alkyl halides is 3. The van der Waals surface area contributed by atoms with E-state index in [2.05, 4.69) is 20.2 Å². The third-order valence-electron chi connectivity index (χ3n) is 4.16. The lowest BCUT2D eigenvalue weighted by atomic mass is 10.1. The molecule has 1 aliphatic heterocycles. The maximum Gasteiger partial charge on any atom is 0.416 e. The second-order valence-corrected chi connectivity index (χ2v) is 9.14. The number of halogens is 3. The first-order valence-electron chi connectivity index (χ1n) is 8.89. The van der Waals surface area contributed by atoms with Crippen molar-refractivity contribution in [2.24, 2.45) is 10.2 Å². The van der Waals surface area contributed by atoms with Gasteiger partial charge in [0.05, 0.1) is 22.2 Å². The van der Waals surface area contributed by atoms with Crippen molar-refractivity contribution in [1.82, 2.24) is 10.0 Å². The van der Waals surface area contributed by atoms with Crippen LogP contribution in [0.5, 0.6) is 0 Å². The molecule has 0 unspecified atom stereocenters. The summed E-state index contributed by atoms with van der Waals surface area (Å²) in [5.41, 5.74) is 0.178. The highest BCUT2D eigenvalue weighted by atomic mass is 32.2. The average Bonchev–Trinajstić information content (AvgIpc) is 2.74. The molecule has 0 aliphatic carbocycles. The van der Waals surface area contributed by atoms with Crippen molar-refractivity contribution < 1.29 is 26.4 Å². The Morgan fingerprint density at radius 3 is 2.26 bits per heavy atom. The van der Waals surface area contributed by atoms with Crippen LogP contribution in [0.25, 0.3) is 0 Å². The molecule has 0 radical (unpaired) electrons. The SMILES string of the molecule is C[C@H](NS(=O)(=O)c1ccccc1)C(=O)NC1=NN=C(c2ccc(C(F)(F)F)cc2)CS1. The largest absolute Gasteiger partial charge is 0.416 e. The molecule has 2 N–H and O–H groups in total. The van der Waals surface area contributed by atoms with Crippen molar-refractivity contribution in [3.8, 4) is 0 Å². The molecule has 0 spiro atoms. The summed E-state index contributed by atoms with van der Waals surface area (Å²) in [5.74, 6) is -0.354. The van der Waals surface area contributed by atoms with Gasteiger partial charge in [0.15, 0.2) is 5.17 Å². The van der Waals surface area contributed by atoms with Crippen LogP contribution >= 0.6 is 11.8 Å². The molecule has 31 heavy (non-hydrogen) atoms. The van der Waals surface area contributed by atoms with E-state index in [9.17, 15) is 26.4 Å². The number of hydrogen-bond donors (Lipinski definition) is 2. The zero-order chi connectivity index (χ0) is 22.6. The highest BCUT2D eigenvalue weighted by Crippen LogP contribution is 2.29. The van der Waals surface area contributed by atoms with E-state index in [1.165, 1.54) is 31.2 Å². The second-order valence-electron chi connectivity index (χ2n) is 6.46. The van der Waals surface area contributed by atoms with Crippen LogP contribution in [-0.2, 0) is 21.0 Å². The number of hydrogen-bond acceptors (Lipinski definition) is 6. The Hall–Kier alpha value is -2.70. The van der Waals surface area contributed by atoms with Crippen LogP contribution in [0, 0.1) is 0 Å². The monoisotopic (exact) mass is 470 g/mol. The smallest absolute Gasteiger partial charge is 0.302 e. The Morgan fingerprint density at radius 2 is 1.71 bits per heavy atom. The van der Waals surface area contributed by atoms with E-state index in [0.29, 0.717) is 11.3 Å². The number of sulfonamides is 1. The normalized spacial score (nSPS) is 15.6. The van der Waals surface area contributed by atoms with E-state index in [0.717, 1.165) is 23.9 Å². The Balaban J connectivity index is 1.62.